The van der Waals surface area contributed by atoms with Crippen molar-refractivity contribution in [2.24, 2.45) is 0 Å². The van der Waals surface area contributed by atoms with Crippen LogP contribution in [0.5, 0.6) is 0 Å². The summed E-state index contributed by atoms with van der Waals surface area (Å²) in [6.45, 7) is 6.84. The number of rotatable bonds is 17. The van der Waals surface area contributed by atoms with E-state index in [9.17, 15) is 4.79 Å². The van der Waals surface area contributed by atoms with Crippen molar-refractivity contribution in [1.29, 1.82) is 0 Å². The molecule has 0 bridgehead atoms. The molecule has 0 aromatic heterocycles. The minimum Gasteiger partial charge on any atom is -0.466 e. The van der Waals surface area contributed by atoms with E-state index >= 15 is 0 Å². The van der Waals surface area contributed by atoms with E-state index < -0.39 is 0 Å². The molecule has 0 unspecified atom stereocenters. The minimum atomic E-state index is -0.0597. The molecule has 0 rings (SSSR count). The van der Waals surface area contributed by atoms with E-state index in [1.165, 1.54) is 70.6 Å². The highest BCUT2D eigenvalue weighted by atomic mass is 32.1. The predicted molar refractivity (Wildman–Crippen MR) is 109 cm³/mol. The topological polar surface area (TPSA) is 26.3 Å². The first-order valence-corrected chi connectivity index (χ1v) is 10.8. The monoisotopic (exact) mass is 358 g/mol. The summed E-state index contributed by atoms with van der Waals surface area (Å²) in [6, 6.07) is 0. The highest BCUT2D eigenvalue weighted by Gasteiger charge is 2.12. The normalized spacial score (nSPS) is 11.7. The Morgan fingerprint density at radius 1 is 0.792 bits per heavy atom. The maximum absolute atomic E-state index is 11.6. The van der Waals surface area contributed by atoms with Gasteiger partial charge in [0.25, 0.3) is 0 Å². The van der Waals surface area contributed by atoms with Gasteiger partial charge in [-0.1, -0.05) is 97.8 Å². The smallest absolute Gasteiger partial charge is 0.305 e. The van der Waals surface area contributed by atoms with Gasteiger partial charge >= 0.3 is 5.97 Å². The highest BCUT2D eigenvalue weighted by Crippen LogP contribution is 2.17. The van der Waals surface area contributed by atoms with Crippen LogP contribution < -0.4 is 0 Å². The molecule has 0 saturated carbocycles. The van der Waals surface area contributed by atoms with Crippen LogP contribution >= 0.6 is 12.6 Å². The Balaban J connectivity index is 3.18. The Kier molecular flexibility index (Phi) is 16.2. The number of hydrogen-bond acceptors (Lipinski definition) is 3. The molecule has 0 aliphatic carbocycles. The average Bonchev–Trinajstić information content (AvgIpc) is 2.50. The lowest BCUT2D eigenvalue weighted by atomic mass is 10.0. The fourth-order valence-electron chi connectivity index (χ4n) is 2.77. The van der Waals surface area contributed by atoms with Gasteiger partial charge < -0.3 is 4.74 Å². The van der Waals surface area contributed by atoms with E-state index in [1.54, 1.807) is 0 Å². The molecule has 0 spiro atoms. The van der Waals surface area contributed by atoms with Crippen LogP contribution in [0.1, 0.15) is 117 Å². The molecule has 3 heteroatoms. The Morgan fingerprint density at radius 2 is 1.21 bits per heavy atom. The molecule has 144 valence electrons. The molecule has 0 amide bonds. The second-order valence-electron chi connectivity index (χ2n) is 7.78. The summed E-state index contributed by atoms with van der Waals surface area (Å²) < 4.78 is 5.18. The number of thiol groups is 1. The van der Waals surface area contributed by atoms with E-state index in [0.717, 1.165) is 19.3 Å². The van der Waals surface area contributed by atoms with E-state index in [-0.39, 0.29) is 10.7 Å². The molecule has 0 aromatic rings. The Labute approximate surface area is 156 Å². The van der Waals surface area contributed by atoms with Crippen LogP contribution in [0.4, 0.5) is 0 Å². The van der Waals surface area contributed by atoms with Crippen molar-refractivity contribution in [3.8, 4) is 0 Å². The summed E-state index contributed by atoms with van der Waals surface area (Å²) in [7, 11) is 0. The highest BCUT2D eigenvalue weighted by molar-refractivity contribution is 7.81. The molecule has 24 heavy (non-hydrogen) atoms. The Hall–Kier alpha value is -0.180. The zero-order chi connectivity index (χ0) is 18.1. The summed E-state index contributed by atoms with van der Waals surface area (Å²) in [6.07, 6.45) is 18.7. The van der Waals surface area contributed by atoms with E-state index in [0.29, 0.717) is 13.0 Å². The maximum Gasteiger partial charge on any atom is 0.305 e. The SMILES string of the molecule is CCCCCCCCCCCCCCCC(=O)OCCC(C)(C)S. The predicted octanol–water partition coefficient (Wildman–Crippen LogP) is 7.11. The molecular weight excluding hydrogens is 316 g/mol. The second-order valence-corrected chi connectivity index (χ2v) is 8.99. The number of carbonyl (C=O) groups excluding carboxylic acids is 1. The van der Waals surface area contributed by atoms with Crippen LogP contribution in [0.3, 0.4) is 0 Å². The largest absolute Gasteiger partial charge is 0.466 e. The van der Waals surface area contributed by atoms with Crippen LogP contribution in [0, 0.1) is 0 Å². The van der Waals surface area contributed by atoms with Crippen LogP contribution in [0.15, 0.2) is 0 Å². The zero-order valence-corrected chi connectivity index (χ0v) is 17.5. The molecule has 0 heterocycles. The third kappa shape index (κ3) is 19.9. The van der Waals surface area contributed by atoms with Crippen LogP contribution in [-0.2, 0) is 9.53 Å². The van der Waals surface area contributed by atoms with Gasteiger partial charge in [0.05, 0.1) is 6.61 Å². The van der Waals surface area contributed by atoms with Gasteiger partial charge in [-0.15, -0.1) is 0 Å². The van der Waals surface area contributed by atoms with Crippen LogP contribution in [-0.4, -0.2) is 17.3 Å². The molecule has 0 saturated heterocycles. The van der Waals surface area contributed by atoms with Crippen molar-refractivity contribution in [2.75, 3.05) is 6.61 Å². The quantitative estimate of drug-likeness (QED) is 0.170. The summed E-state index contributed by atoms with van der Waals surface area (Å²) in [4.78, 5) is 11.6. The molecule has 0 radical (unpaired) electrons. The third-order valence-electron chi connectivity index (χ3n) is 4.46. The van der Waals surface area contributed by atoms with Gasteiger partial charge in [-0.3, -0.25) is 4.79 Å². The number of hydrogen-bond donors (Lipinski definition) is 1. The number of esters is 1. The van der Waals surface area contributed by atoms with Crippen molar-refractivity contribution in [3.05, 3.63) is 0 Å². The number of carbonyl (C=O) groups is 1. The lowest BCUT2D eigenvalue weighted by molar-refractivity contribution is -0.144. The molecule has 0 aliphatic rings. The molecule has 2 nitrogen and oxygen atoms in total. The van der Waals surface area contributed by atoms with Crippen molar-refractivity contribution < 1.29 is 9.53 Å². The van der Waals surface area contributed by atoms with Crippen molar-refractivity contribution >= 4 is 18.6 Å². The first-order valence-electron chi connectivity index (χ1n) is 10.3. The van der Waals surface area contributed by atoms with E-state index in [4.69, 9.17) is 4.74 Å². The first kappa shape index (κ1) is 23.8. The molecule has 0 atom stereocenters. The summed E-state index contributed by atoms with van der Waals surface area (Å²) in [5, 5.41) is 0. The number of unbranched alkanes of at least 4 members (excludes halogenated alkanes) is 12. The van der Waals surface area contributed by atoms with E-state index in [1.807, 2.05) is 13.8 Å². The lowest BCUT2D eigenvalue weighted by Gasteiger charge is -2.16. The van der Waals surface area contributed by atoms with Crippen molar-refractivity contribution in [1.82, 2.24) is 0 Å². The molecule has 0 aromatic carbocycles. The van der Waals surface area contributed by atoms with Crippen molar-refractivity contribution in [3.63, 3.8) is 0 Å². The maximum atomic E-state index is 11.6. The Morgan fingerprint density at radius 3 is 1.62 bits per heavy atom. The minimum absolute atomic E-state index is 0.0457. The van der Waals surface area contributed by atoms with Gasteiger partial charge in [-0.2, -0.15) is 12.6 Å². The van der Waals surface area contributed by atoms with Gasteiger partial charge in [-0.25, -0.2) is 0 Å². The molecule has 0 aliphatic heterocycles. The van der Waals surface area contributed by atoms with E-state index in [2.05, 4.69) is 19.6 Å². The van der Waals surface area contributed by atoms with Crippen LogP contribution in [0.25, 0.3) is 0 Å². The van der Waals surface area contributed by atoms with Gasteiger partial charge in [0.2, 0.25) is 0 Å². The standard InChI is InChI=1S/C21H42O2S/c1-4-5-6-7-8-9-10-11-12-13-14-15-16-17-20(22)23-19-18-21(2,3)24/h24H,4-19H2,1-3H3. The van der Waals surface area contributed by atoms with Gasteiger partial charge in [-0.05, 0) is 12.8 Å². The van der Waals surface area contributed by atoms with Crippen LogP contribution in [0.2, 0.25) is 0 Å². The third-order valence-corrected chi connectivity index (χ3v) is 4.68. The van der Waals surface area contributed by atoms with Gasteiger partial charge in [0, 0.05) is 11.2 Å². The number of ether oxygens (including phenoxy) is 1. The fourth-order valence-corrected chi connectivity index (χ4v) is 2.87. The second kappa shape index (κ2) is 16.3. The zero-order valence-electron chi connectivity index (χ0n) is 16.6. The van der Waals surface area contributed by atoms with Crippen molar-refractivity contribution in [2.45, 2.75) is 122 Å². The fraction of sp³-hybridized carbons (Fsp3) is 0.952. The van der Waals surface area contributed by atoms with Gasteiger partial charge in [0.1, 0.15) is 0 Å². The summed E-state index contributed by atoms with van der Waals surface area (Å²) in [5.41, 5.74) is 0. The molecule has 0 N–H and O–H groups in total. The summed E-state index contributed by atoms with van der Waals surface area (Å²) >= 11 is 4.42. The van der Waals surface area contributed by atoms with Gasteiger partial charge in [0.15, 0.2) is 0 Å². The summed E-state index contributed by atoms with van der Waals surface area (Å²) in [5.74, 6) is -0.0457. The first-order chi connectivity index (χ1) is 11.5. The lowest BCUT2D eigenvalue weighted by Crippen LogP contribution is -2.16. The average molecular weight is 359 g/mol. The Bertz CT molecular complexity index is 284. The molecule has 0 fully saturated rings. The molecular formula is C21H42O2S.